The maximum absolute atomic E-state index is 13.4. The van der Waals surface area contributed by atoms with Crippen LogP contribution >= 0.6 is 0 Å². The molecule has 138 valence electrons. The molecule has 0 aliphatic heterocycles. The molecule has 0 bridgehead atoms. The van der Waals surface area contributed by atoms with Crippen molar-refractivity contribution < 1.29 is 9.90 Å². The predicted octanol–water partition coefficient (Wildman–Crippen LogP) is 5.08. The fourth-order valence-corrected chi connectivity index (χ4v) is 6.22. The Kier molecular flexibility index (Phi) is 3.59. The minimum Gasteiger partial charge on any atom is -0.508 e. The van der Waals surface area contributed by atoms with Gasteiger partial charge in [-0.3, -0.25) is 9.78 Å². The number of rotatable bonds is 1. The Morgan fingerprint density at radius 3 is 2.93 bits per heavy atom. The number of ketones is 1. The minimum absolute atomic E-state index is 0.0260. The van der Waals surface area contributed by atoms with E-state index in [4.69, 9.17) is 0 Å². The van der Waals surface area contributed by atoms with Crippen molar-refractivity contribution in [3.05, 3.63) is 66.0 Å². The van der Waals surface area contributed by atoms with Crippen LogP contribution in [0.4, 0.5) is 0 Å². The first-order chi connectivity index (χ1) is 13.0. The molecule has 5 atom stereocenters. The van der Waals surface area contributed by atoms with Gasteiger partial charge in [-0.25, -0.2) is 0 Å². The molecule has 5 rings (SSSR count). The molecule has 3 aliphatic rings. The smallest absolute Gasteiger partial charge is 0.146 e. The number of carbonyl (C=O) groups excluding carboxylic acids is 1. The maximum atomic E-state index is 13.4. The summed E-state index contributed by atoms with van der Waals surface area (Å²) >= 11 is 0. The highest BCUT2D eigenvalue weighted by Gasteiger charge is 2.58. The van der Waals surface area contributed by atoms with Gasteiger partial charge in [0, 0.05) is 23.7 Å². The van der Waals surface area contributed by atoms with E-state index in [-0.39, 0.29) is 11.3 Å². The van der Waals surface area contributed by atoms with Gasteiger partial charge < -0.3 is 5.11 Å². The molecular weight excluding hydrogens is 334 g/mol. The highest BCUT2D eigenvalue weighted by atomic mass is 16.3. The van der Waals surface area contributed by atoms with Gasteiger partial charge in [-0.05, 0) is 83.9 Å². The molecule has 3 aliphatic carbocycles. The molecule has 3 nitrogen and oxygen atoms in total. The fraction of sp³-hybridized carbons (Fsp3) is 0.417. The van der Waals surface area contributed by atoms with E-state index in [1.54, 1.807) is 12.3 Å². The lowest BCUT2D eigenvalue weighted by atomic mass is 9.55. The Morgan fingerprint density at radius 2 is 2.15 bits per heavy atom. The first-order valence-corrected chi connectivity index (χ1v) is 9.94. The molecule has 1 aromatic carbocycles. The molecule has 0 spiro atoms. The lowest BCUT2D eigenvalue weighted by Crippen LogP contribution is -2.42. The van der Waals surface area contributed by atoms with Gasteiger partial charge in [-0.15, -0.1) is 0 Å². The number of aromatic nitrogens is 1. The van der Waals surface area contributed by atoms with Crippen LogP contribution in [0.2, 0.25) is 0 Å². The number of nitrogens with zero attached hydrogens (tertiary/aromatic N) is 1. The second-order valence-electron chi connectivity index (χ2n) is 8.85. The summed E-state index contributed by atoms with van der Waals surface area (Å²) in [4.78, 5) is 17.7. The highest BCUT2D eigenvalue weighted by Crippen LogP contribution is 2.63. The number of pyridine rings is 1. The number of benzene rings is 1. The van der Waals surface area contributed by atoms with Gasteiger partial charge >= 0.3 is 0 Å². The molecule has 3 heteroatoms. The Bertz CT molecular complexity index is 935. The van der Waals surface area contributed by atoms with Crippen molar-refractivity contribution in [3.8, 4) is 5.75 Å². The predicted molar refractivity (Wildman–Crippen MR) is 105 cm³/mol. The van der Waals surface area contributed by atoms with Gasteiger partial charge in [-0.1, -0.05) is 25.6 Å². The molecule has 2 aromatic rings. The van der Waals surface area contributed by atoms with E-state index >= 15 is 0 Å². The molecule has 0 radical (unpaired) electrons. The number of fused-ring (bicyclic) bond motifs is 5. The van der Waals surface area contributed by atoms with Crippen molar-refractivity contribution in [1.29, 1.82) is 0 Å². The zero-order valence-corrected chi connectivity index (χ0v) is 15.7. The van der Waals surface area contributed by atoms with E-state index in [1.165, 1.54) is 5.56 Å². The minimum atomic E-state index is -0.240. The highest BCUT2D eigenvalue weighted by molar-refractivity contribution is 5.93. The second-order valence-corrected chi connectivity index (χ2v) is 8.85. The molecule has 2 fully saturated rings. The maximum Gasteiger partial charge on any atom is 0.146 e. The standard InChI is InChI=1S/C24H25NO2/c1-14-10-21-18(17-6-5-16(26)11-19(14)17)7-8-24(2)22(21)12-20(23(24)27)15-4-3-9-25-13-15/h3-6,9,11,13,18,20-22,26H,1,7-8,10,12H2,2H3/t18-,20?,21-,22+,24+/m1/s1. The average molecular weight is 359 g/mol. The topological polar surface area (TPSA) is 50.2 Å². The molecule has 0 saturated heterocycles. The van der Waals surface area contributed by atoms with Crippen LogP contribution in [0.3, 0.4) is 0 Å². The Labute approximate surface area is 160 Å². The van der Waals surface area contributed by atoms with E-state index < -0.39 is 0 Å². The Balaban J connectivity index is 1.54. The molecule has 0 amide bonds. The van der Waals surface area contributed by atoms with Gasteiger partial charge in [0.15, 0.2) is 0 Å². The van der Waals surface area contributed by atoms with Crippen molar-refractivity contribution in [2.75, 3.05) is 0 Å². The van der Waals surface area contributed by atoms with E-state index in [0.717, 1.165) is 42.4 Å². The molecule has 1 heterocycles. The van der Waals surface area contributed by atoms with Gasteiger partial charge in [0.2, 0.25) is 0 Å². The molecule has 1 unspecified atom stereocenters. The summed E-state index contributed by atoms with van der Waals surface area (Å²) in [6, 6.07) is 9.71. The largest absolute Gasteiger partial charge is 0.508 e. The number of Topliss-reactive ketones (excluding diaryl/α,β-unsaturated/α-hetero) is 1. The summed E-state index contributed by atoms with van der Waals surface area (Å²) in [5.74, 6) is 1.99. The van der Waals surface area contributed by atoms with Crippen LogP contribution in [0.25, 0.3) is 5.57 Å². The van der Waals surface area contributed by atoms with Crippen molar-refractivity contribution in [1.82, 2.24) is 4.98 Å². The second kappa shape index (κ2) is 5.79. The normalized spacial score (nSPS) is 34.7. The number of hydrogen-bond donors (Lipinski definition) is 1. The summed E-state index contributed by atoms with van der Waals surface area (Å²) in [5, 5.41) is 9.90. The molecule has 1 aromatic heterocycles. The first-order valence-electron chi connectivity index (χ1n) is 9.94. The van der Waals surface area contributed by atoms with Gasteiger partial charge in [0.1, 0.15) is 11.5 Å². The zero-order chi connectivity index (χ0) is 18.8. The van der Waals surface area contributed by atoms with Crippen molar-refractivity contribution in [2.45, 2.75) is 44.4 Å². The Morgan fingerprint density at radius 1 is 1.30 bits per heavy atom. The van der Waals surface area contributed by atoms with Gasteiger partial charge in [0.25, 0.3) is 0 Å². The molecule has 2 saturated carbocycles. The summed E-state index contributed by atoms with van der Waals surface area (Å²) < 4.78 is 0. The number of hydrogen-bond acceptors (Lipinski definition) is 3. The zero-order valence-electron chi connectivity index (χ0n) is 15.7. The number of carbonyl (C=O) groups is 1. The average Bonchev–Trinajstić information content (AvgIpc) is 2.95. The molecular formula is C24H25NO2. The summed E-state index contributed by atoms with van der Waals surface area (Å²) in [5.41, 5.74) is 4.36. The summed E-state index contributed by atoms with van der Waals surface area (Å²) in [7, 11) is 0. The van der Waals surface area contributed by atoms with Crippen LogP contribution in [0.5, 0.6) is 5.75 Å². The SMILES string of the molecule is C=C1C[C@@H]2[C@H](CC[C@]3(C)C(=O)C(c4cccnc4)C[C@@H]23)c2ccc(O)cc21. The fourth-order valence-electron chi connectivity index (χ4n) is 6.22. The lowest BCUT2D eigenvalue weighted by molar-refractivity contribution is -0.130. The third-order valence-electron chi connectivity index (χ3n) is 7.58. The van der Waals surface area contributed by atoms with Gasteiger partial charge in [-0.2, -0.15) is 0 Å². The van der Waals surface area contributed by atoms with E-state index in [1.807, 2.05) is 24.4 Å². The van der Waals surface area contributed by atoms with Gasteiger partial charge in [0.05, 0.1) is 0 Å². The summed E-state index contributed by atoms with van der Waals surface area (Å²) in [6.07, 6.45) is 7.45. The lowest BCUT2D eigenvalue weighted by Gasteiger charge is -2.48. The van der Waals surface area contributed by atoms with E-state index in [0.29, 0.717) is 29.3 Å². The first kappa shape index (κ1) is 16.7. The van der Waals surface area contributed by atoms with Crippen LogP contribution in [0, 0.1) is 17.3 Å². The number of phenols is 1. The number of allylic oxidation sites excluding steroid dienone is 1. The van der Waals surface area contributed by atoms with E-state index in [9.17, 15) is 9.90 Å². The van der Waals surface area contributed by atoms with E-state index in [2.05, 4.69) is 24.6 Å². The third kappa shape index (κ3) is 2.33. The van der Waals surface area contributed by atoms with Crippen LogP contribution in [0.1, 0.15) is 61.1 Å². The van der Waals surface area contributed by atoms with Crippen molar-refractivity contribution in [3.63, 3.8) is 0 Å². The van der Waals surface area contributed by atoms with Crippen LogP contribution in [0.15, 0.2) is 49.3 Å². The van der Waals surface area contributed by atoms with Crippen LogP contribution < -0.4 is 0 Å². The monoisotopic (exact) mass is 359 g/mol. The van der Waals surface area contributed by atoms with Crippen LogP contribution in [-0.2, 0) is 4.79 Å². The number of phenolic OH excluding ortho intramolecular Hbond substituents is 1. The van der Waals surface area contributed by atoms with Crippen molar-refractivity contribution in [2.24, 2.45) is 17.3 Å². The van der Waals surface area contributed by atoms with Crippen LogP contribution in [-0.4, -0.2) is 15.9 Å². The quantitative estimate of drug-likeness (QED) is 0.773. The third-order valence-corrected chi connectivity index (χ3v) is 7.58. The Hall–Kier alpha value is -2.42. The number of aromatic hydroxyl groups is 1. The summed E-state index contributed by atoms with van der Waals surface area (Å²) in [6.45, 7) is 6.51. The van der Waals surface area contributed by atoms with Crippen molar-refractivity contribution >= 4 is 11.4 Å². The molecule has 27 heavy (non-hydrogen) atoms. The molecule has 1 N–H and O–H groups in total.